The zero-order valence-electron chi connectivity index (χ0n) is 16.1. The number of esters is 1. The molecule has 3 rings (SSSR count). The first-order chi connectivity index (χ1) is 14.0. The molecule has 0 saturated carbocycles. The van der Waals surface area contributed by atoms with Gasteiger partial charge in [0.2, 0.25) is 0 Å². The van der Waals surface area contributed by atoms with Crippen LogP contribution in [0.3, 0.4) is 0 Å². The summed E-state index contributed by atoms with van der Waals surface area (Å²) in [7, 11) is 0. The number of hydrogen-bond donors (Lipinski definition) is 2. The van der Waals surface area contributed by atoms with Gasteiger partial charge in [-0.05, 0) is 42.7 Å². The smallest absolute Gasteiger partial charge is 0.341 e. The van der Waals surface area contributed by atoms with Crippen molar-refractivity contribution in [2.45, 2.75) is 20.3 Å². The largest absolute Gasteiger partial charge is 0.462 e. The summed E-state index contributed by atoms with van der Waals surface area (Å²) in [6, 6.07) is 14.4. The van der Waals surface area contributed by atoms with Crippen LogP contribution < -0.4 is 10.6 Å². The number of benzene rings is 2. The molecule has 0 aliphatic carbocycles. The van der Waals surface area contributed by atoms with Gasteiger partial charge in [-0.15, -0.1) is 11.3 Å². The van der Waals surface area contributed by atoms with Crippen LogP contribution in [0.2, 0.25) is 5.02 Å². The topological polar surface area (TPSA) is 67.4 Å². The van der Waals surface area contributed by atoms with Crippen LogP contribution in [0.1, 0.15) is 29.8 Å². The van der Waals surface area contributed by atoms with Crippen molar-refractivity contribution in [2.24, 2.45) is 0 Å². The number of rotatable bonds is 6. The Morgan fingerprint density at radius 1 is 1.07 bits per heavy atom. The van der Waals surface area contributed by atoms with Gasteiger partial charge in [0, 0.05) is 21.7 Å². The minimum atomic E-state index is -0.471. The lowest BCUT2D eigenvalue weighted by atomic mass is 10.0. The molecular formula is C22H21ClN2O3S. The lowest BCUT2D eigenvalue weighted by Crippen LogP contribution is -2.20. The highest BCUT2D eigenvalue weighted by atomic mass is 35.5. The third-order valence-corrected chi connectivity index (χ3v) is 5.38. The molecule has 29 heavy (non-hydrogen) atoms. The molecule has 2 amide bonds. The van der Waals surface area contributed by atoms with Crippen LogP contribution in [0.15, 0.2) is 53.9 Å². The van der Waals surface area contributed by atoms with Crippen LogP contribution in [0, 0.1) is 0 Å². The summed E-state index contributed by atoms with van der Waals surface area (Å²) in [5.74, 6) is -0.471. The van der Waals surface area contributed by atoms with Crippen LogP contribution in [-0.4, -0.2) is 18.6 Å². The van der Waals surface area contributed by atoms with E-state index in [1.54, 1.807) is 31.2 Å². The van der Waals surface area contributed by atoms with Gasteiger partial charge in [0.25, 0.3) is 0 Å². The number of thiophene rings is 1. The van der Waals surface area contributed by atoms with E-state index >= 15 is 0 Å². The Balaban J connectivity index is 1.88. The van der Waals surface area contributed by atoms with Crippen molar-refractivity contribution in [1.29, 1.82) is 0 Å². The number of anilines is 2. The zero-order valence-corrected chi connectivity index (χ0v) is 17.7. The molecule has 2 N–H and O–H groups in total. The van der Waals surface area contributed by atoms with E-state index < -0.39 is 12.0 Å². The summed E-state index contributed by atoms with van der Waals surface area (Å²) in [6.07, 6.45) is 0.936. The summed E-state index contributed by atoms with van der Waals surface area (Å²) in [4.78, 5) is 25.1. The number of carbonyl (C=O) groups excluding carboxylic acids is 2. The Kier molecular flexibility index (Phi) is 6.90. The van der Waals surface area contributed by atoms with Gasteiger partial charge in [-0.1, -0.05) is 48.9 Å². The van der Waals surface area contributed by atoms with E-state index in [1.165, 1.54) is 16.9 Å². The monoisotopic (exact) mass is 428 g/mol. The number of nitrogens with one attached hydrogen (secondary N) is 2. The van der Waals surface area contributed by atoms with Gasteiger partial charge in [-0.25, -0.2) is 9.59 Å². The fraction of sp³-hybridized carbons (Fsp3) is 0.182. The van der Waals surface area contributed by atoms with E-state index in [-0.39, 0.29) is 6.61 Å². The Bertz CT molecular complexity index is 1020. The van der Waals surface area contributed by atoms with E-state index in [2.05, 4.69) is 17.6 Å². The normalized spacial score (nSPS) is 10.4. The maximum Gasteiger partial charge on any atom is 0.341 e. The lowest BCUT2D eigenvalue weighted by Gasteiger charge is -2.10. The summed E-state index contributed by atoms with van der Waals surface area (Å²) >= 11 is 7.23. The van der Waals surface area contributed by atoms with Gasteiger partial charge in [-0.2, -0.15) is 0 Å². The van der Waals surface area contributed by atoms with Crippen LogP contribution >= 0.6 is 22.9 Å². The first-order valence-electron chi connectivity index (χ1n) is 9.23. The molecule has 150 valence electrons. The van der Waals surface area contributed by atoms with Crippen molar-refractivity contribution in [1.82, 2.24) is 0 Å². The van der Waals surface area contributed by atoms with Crippen LogP contribution in [-0.2, 0) is 11.2 Å². The van der Waals surface area contributed by atoms with Crippen molar-refractivity contribution < 1.29 is 14.3 Å². The highest BCUT2D eigenvalue weighted by Gasteiger charge is 2.22. The minimum absolute atomic E-state index is 0.247. The predicted octanol–water partition coefficient (Wildman–Crippen LogP) is 6.45. The first-order valence-corrected chi connectivity index (χ1v) is 10.5. The van der Waals surface area contributed by atoms with Gasteiger partial charge in [0.05, 0.1) is 6.61 Å². The van der Waals surface area contributed by atoms with Crippen molar-refractivity contribution in [3.05, 3.63) is 70.1 Å². The number of urea groups is 1. The van der Waals surface area contributed by atoms with E-state index in [0.29, 0.717) is 21.3 Å². The lowest BCUT2D eigenvalue weighted by molar-refractivity contribution is 0.0529. The summed E-state index contributed by atoms with van der Waals surface area (Å²) in [5, 5.41) is 8.26. The third kappa shape index (κ3) is 5.16. The standard InChI is InChI=1S/C22H21ClN2O3S/c1-3-14-8-10-15(11-9-14)18-13-29-20(19(18)21(26)28-4-2)25-22(27)24-17-7-5-6-16(23)12-17/h5-13H,3-4H2,1-2H3,(H2,24,25,27). The van der Waals surface area contributed by atoms with E-state index in [9.17, 15) is 9.59 Å². The van der Waals surface area contributed by atoms with E-state index in [4.69, 9.17) is 16.3 Å². The molecular weight excluding hydrogens is 408 g/mol. The number of amides is 2. The molecule has 5 nitrogen and oxygen atoms in total. The summed E-state index contributed by atoms with van der Waals surface area (Å²) < 4.78 is 5.23. The number of halogens is 1. The molecule has 0 radical (unpaired) electrons. The Morgan fingerprint density at radius 2 is 1.83 bits per heavy atom. The zero-order chi connectivity index (χ0) is 20.8. The number of hydrogen-bond acceptors (Lipinski definition) is 4. The Labute approximate surface area is 178 Å². The van der Waals surface area contributed by atoms with E-state index in [1.807, 2.05) is 29.6 Å². The fourth-order valence-corrected chi connectivity index (χ4v) is 3.96. The van der Waals surface area contributed by atoms with Crippen molar-refractivity contribution in [2.75, 3.05) is 17.2 Å². The van der Waals surface area contributed by atoms with Crippen LogP contribution in [0.4, 0.5) is 15.5 Å². The predicted molar refractivity (Wildman–Crippen MR) is 119 cm³/mol. The molecule has 1 aromatic heterocycles. The van der Waals surface area contributed by atoms with Crippen LogP contribution in [0.5, 0.6) is 0 Å². The second-order valence-electron chi connectivity index (χ2n) is 6.21. The quantitative estimate of drug-likeness (QED) is 0.443. The molecule has 7 heteroatoms. The van der Waals surface area contributed by atoms with Gasteiger partial charge < -0.3 is 10.1 Å². The molecule has 0 unspecified atom stereocenters. The number of aryl methyl sites for hydroxylation is 1. The summed E-state index contributed by atoms with van der Waals surface area (Å²) in [6.45, 7) is 4.08. The Hall–Kier alpha value is -2.83. The average Bonchev–Trinajstić information content (AvgIpc) is 3.11. The molecule has 0 saturated heterocycles. The van der Waals surface area contributed by atoms with Crippen molar-refractivity contribution >= 4 is 45.6 Å². The number of carbonyl (C=O) groups is 2. The van der Waals surface area contributed by atoms with Gasteiger partial charge in [0.15, 0.2) is 0 Å². The maximum absolute atomic E-state index is 12.6. The molecule has 0 bridgehead atoms. The molecule has 1 heterocycles. The molecule has 3 aromatic rings. The van der Waals surface area contributed by atoms with Crippen molar-refractivity contribution in [3.8, 4) is 11.1 Å². The molecule has 0 spiro atoms. The molecule has 0 atom stereocenters. The van der Waals surface area contributed by atoms with E-state index in [0.717, 1.165) is 17.5 Å². The van der Waals surface area contributed by atoms with Gasteiger partial charge >= 0.3 is 12.0 Å². The highest BCUT2D eigenvalue weighted by molar-refractivity contribution is 7.15. The van der Waals surface area contributed by atoms with Gasteiger partial charge in [0.1, 0.15) is 10.6 Å². The van der Waals surface area contributed by atoms with Gasteiger partial charge in [-0.3, -0.25) is 5.32 Å². The summed E-state index contributed by atoms with van der Waals surface area (Å²) in [5.41, 5.74) is 3.74. The molecule has 2 aromatic carbocycles. The molecule has 0 aliphatic rings. The molecule has 0 fully saturated rings. The minimum Gasteiger partial charge on any atom is -0.462 e. The fourth-order valence-electron chi connectivity index (χ4n) is 2.82. The van der Waals surface area contributed by atoms with Crippen LogP contribution in [0.25, 0.3) is 11.1 Å². The first kappa shape index (κ1) is 20.9. The maximum atomic E-state index is 12.6. The Morgan fingerprint density at radius 3 is 2.48 bits per heavy atom. The second-order valence-corrected chi connectivity index (χ2v) is 7.53. The van der Waals surface area contributed by atoms with Crippen molar-refractivity contribution in [3.63, 3.8) is 0 Å². The molecule has 0 aliphatic heterocycles. The third-order valence-electron chi connectivity index (χ3n) is 4.25. The highest BCUT2D eigenvalue weighted by Crippen LogP contribution is 2.36. The average molecular weight is 429 g/mol. The SMILES string of the molecule is CCOC(=O)c1c(-c2ccc(CC)cc2)csc1NC(=O)Nc1cccc(Cl)c1. The number of ether oxygens (including phenoxy) is 1. The second kappa shape index (κ2) is 9.58.